The molecule has 0 saturated carbocycles. The van der Waals surface area contributed by atoms with Crippen LogP contribution in [0.3, 0.4) is 0 Å². The molecule has 0 aliphatic carbocycles. The third-order valence-electron chi connectivity index (χ3n) is 3.45. The predicted molar refractivity (Wildman–Crippen MR) is 77.3 cm³/mol. The number of fused-ring (bicyclic) bond motifs is 1. The van der Waals surface area contributed by atoms with E-state index in [1.807, 2.05) is 12.1 Å². The lowest BCUT2D eigenvalue weighted by Gasteiger charge is -2.23. The van der Waals surface area contributed by atoms with Crippen LogP contribution in [-0.2, 0) is 18.4 Å². The average molecular weight is 304 g/mol. The highest BCUT2D eigenvalue weighted by atomic mass is 16.6. The molecule has 0 spiro atoms. The van der Waals surface area contributed by atoms with E-state index in [1.54, 1.807) is 14.2 Å². The molecule has 0 saturated heterocycles. The normalized spacial score (nSPS) is 13.2. The highest BCUT2D eigenvalue weighted by Crippen LogP contribution is 2.42. The number of aromatic nitrogens is 2. The second kappa shape index (κ2) is 5.69. The van der Waals surface area contributed by atoms with Gasteiger partial charge in [-0.25, -0.2) is 4.79 Å². The summed E-state index contributed by atoms with van der Waals surface area (Å²) in [7, 11) is 3.30. The van der Waals surface area contributed by atoms with E-state index in [1.165, 1.54) is 10.7 Å². The Balaban J connectivity index is 2.21. The number of carboxylic acid groups (broad SMARTS) is 1. The largest absolute Gasteiger partial charge is 0.486 e. The van der Waals surface area contributed by atoms with E-state index in [9.17, 15) is 4.79 Å². The molecule has 0 radical (unpaired) electrons. The minimum Gasteiger partial charge on any atom is -0.486 e. The van der Waals surface area contributed by atoms with Crippen LogP contribution in [0.4, 0.5) is 0 Å². The molecule has 2 aromatic rings. The Morgan fingerprint density at radius 3 is 2.86 bits per heavy atom. The molecular weight excluding hydrogens is 288 g/mol. The molecule has 7 nitrogen and oxygen atoms in total. The minimum atomic E-state index is -1.07. The zero-order chi connectivity index (χ0) is 15.7. The van der Waals surface area contributed by atoms with Gasteiger partial charge in [-0.1, -0.05) is 6.07 Å². The fourth-order valence-corrected chi connectivity index (χ4v) is 2.52. The number of aromatic carboxylic acids is 1. The first kappa shape index (κ1) is 14.4. The number of carboxylic acids is 1. The summed E-state index contributed by atoms with van der Waals surface area (Å²) >= 11 is 0. The SMILES string of the molecule is COCc1ccc2c(c1-c1cc(C(=O)O)nn1C)OCCO2. The van der Waals surface area contributed by atoms with Gasteiger partial charge in [0.1, 0.15) is 13.2 Å². The van der Waals surface area contributed by atoms with Crippen LogP contribution in [0.5, 0.6) is 11.5 Å². The van der Waals surface area contributed by atoms with Crippen LogP contribution in [-0.4, -0.2) is 41.2 Å². The second-order valence-corrected chi connectivity index (χ2v) is 4.90. The van der Waals surface area contributed by atoms with E-state index in [4.69, 9.17) is 19.3 Å². The number of aryl methyl sites for hydroxylation is 1. The Hall–Kier alpha value is -2.54. The minimum absolute atomic E-state index is 0.0183. The molecule has 1 aliphatic heterocycles. The summed E-state index contributed by atoms with van der Waals surface area (Å²) in [5.74, 6) is 0.164. The number of hydrogen-bond acceptors (Lipinski definition) is 5. The predicted octanol–water partition coefficient (Wildman–Crippen LogP) is 1.70. The Labute approximate surface area is 127 Å². The van der Waals surface area contributed by atoms with E-state index in [0.29, 0.717) is 37.0 Å². The third-order valence-corrected chi connectivity index (χ3v) is 3.45. The van der Waals surface area contributed by atoms with E-state index >= 15 is 0 Å². The van der Waals surface area contributed by atoms with Gasteiger partial charge in [-0.2, -0.15) is 5.10 Å². The van der Waals surface area contributed by atoms with Crippen molar-refractivity contribution in [3.63, 3.8) is 0 Å². The van der Waals surface area contributed by atoms with Crippen molar-refractivity contribution in [2.24, 2.45) is 7.05 Å². The number of methoxy groups -OCH3 is 1. The van der Waals surface area contributed by atoms with Gasteiger partial charge in [-0.3, -0.25) is 4.68 Å². The molecule has 7 heteroatoms. The van der Waals surface area contributed by atoms with Crippen molar-refractivity contribution in [2.45, 2.75) is 6.61 Å². The Kier molecular flexibility index (Phi) is 3.72. The van der Waals surface area contributed by atoms with Gasteiger partial charge >= 0.3 is 5.97 Å². The molecule has 0 atom stereocenters. The van der Waals surface area contributed by atoms with E-state index in [2.05, 4.69) is 5.10 Å². The number of nitrogens with zero attached hydrogens (tertiary/aromatic N) is 2. The standard InChI is InChI=1S/C15H16N2O5/c1-17-11(7-10(16-17)15(18)19)13-9(8-20-2)3-4-12-14(13)22-6-5-21-12/h3-4,7H,5-6,8H2,1-2H3,(H,18,19). The molecule has 1 N–H and O–H groups in total. The number of carbonyl (C=O) groups is 1. The number of ether oxygens (including phenoxy) is 3. The summed E-state index contributed by atoms with van der Waals surface area (Å²) in [6.07, 6.45) is 0. The molecule has 1 aromatic carbocycles. The summed E-state index contributed by atoms with van der Waals surface area (Å²) in [4.78, 5) is 11.1. The molecule has 116 valence electrons. The highest BCUT2D eigenvalue weighted by Gasteiger charge is 2.24. The molecule has 0 unspecified atom stereocenters. The molecule has 3 rings (SSSR count). The Bertz CT molecular complexity index is 723. The fourth-order valence-electron chi connectivity index (χ4n) is 2.52. The number of hydrogen-bond donors (Lipinski definition) is 1. The van der Waals surface area contributed by atoms with Crippen molar-refractivity contribution >= 4 is 5.97 Å². The van der Waals surface area contributed by atoms with Crippen molar-refractivity contribution in [3.05, 3.63) is 29.5 Å². The van der Waals surface area contributed by atoms with Gasteiger partial charge in [-0.15, -0.1) is 0 Å². The molecule has 22 heavy (non-hydrogen) atoms. The topological polar surface area (TPSA) is 82.8 Å². The van der Waals surface area contributed by atoms with Gasteiger partial charge in [0.25, 0.3) is 0 Å². The fraction of sp³-hybridized carbons (Fsp3) is 0.333. The second-order valence-electron chi connectivity index (χ2n) is 4.90. The maximum absolute atomic E-state index is 11.1. The van der Waals surface area contributed by atoms with Crippen LogP contribution in [0, 0.1) is 0 Å². The molecule has 2 heterocycles. The summed E-state index contributed by atoms with van der Waals surface area (Å²) in [5.41, 5.74) is 2.26. The first-order valence-corrected chi connectivity index (χ1v) is 6.80. The third kappa shape index (κ3) is 2.39. The van der Waals surface area contributed by atoms with Crippen LogP contribution in [0.15, 0.2) is 18.2 Å². The first-order chi connectivity index (χ1) is 10.6. The molecule has 0 amide bonds. The monoisotopic (exact) mass is 304 g/mol. The highest BCUT2D eigenvalue weighted by molar-refractivity contribution is 5.88. The smallest absolute Gasteiger partial charge is 0.356 e. The van der Waals surface area contributed by atoms with Crippen LogP contribution in [0.2, 0.25) is 0 Å². The average Bonchev–Trinajstić information content (AvgIpc) is 2.89. The summed E-state index contributed by atoms with van der Waals surface area (Å²) in [6.45, 7) is 1.31. The lowest BCUT2D eigenvalue weighted by Crippen LogP contribution is -2.17. The molecule has 1 aliphatic rings. The molecule has 1 aromatic heterocycles. The van der Waals surface area contributed by atoms with Crippen LogP contribution >= 0.6 is 0 Å². The van der Waals surface area contributed by atoms with E-state index < -0.39 is 5.97 Å². The zero-order valence-corrected chi connectivity index (χ0v) is 12.3. The van der Waals surface area contributed by atoms with Crippen LogP contribution < -0.4 is 9.47 Å². The van der Waals surface area contributed by atoms with Gasteiger partial charge in [0.05, 0.1) is 17.9 Å². The number of benzene rings is 1. The lowest BCUT2D eigenvalue weighted by molar-refractivity contribution is 0.0689. The Morgan fingerprint density at radius 1 is 1.41 bits per heavy atom. The van der Waals surface area contributed by atoms with Crippen molar-refractivity contribution in [3.8, 4) is 22.8 Å². The van der Waals surface area contributed by atoms with Crippen molar-refractivity contribution < 1.29 is 24.1 Å². The summed E-state index contributed by atoms with van der Waals surface area (Å²) < 4.78 is 18.1. The van der Waals surface area contributed by atoms with Gasteiger partial charge in [0, 0.05) is 14.2 Å². The molecular formula is C15H16N2O5. The van der Waals surface area contributed by atoms with Crippen LogP contribution in [0.25, 0.3) is 11.3 Å². The first-order valence-electron chi connectivity index (χ1n) is 6.80. The molecule has 0 fully saturated rings. The quantitative estimate of drug-likeness (QED) is 0.925. The van der Waals surface area contributed by atoms with Crippen LogP contribution in [0.1, 0.15) is 16.1 Å². The van der Waals surface area contributed by atoms with Gasteiger partial charge in [0.15, 0.2) is 17.2 Å². The molecule has 0 bridgehead atoms. The van der Waals surface area contributed by atoms with E-state index in [-0.39, 0.29) is 5.69 Å². The van der Waals surface area contributed by atoms with Crippen molar-refractivity contribution in [2.75, 3.05) is 20.3 Å². The van der Waals surface area contributed by atoms with Crippen molar-refractivity contribution in [1.29, 1.82) is 0 Å². The zero-order valence-electron chi connectivity index (χ0n) is 12.3. The van der Waals surface area contributed by atoms with Gasteiger partial charge < -0.3 is 19.3 Å². The lowest BCUT2D eigenvalue weighted by atomic mass is 10.0. The Morgan fingerprint density at radius 2 is 2.18 bits per heavy atom. The summed E-state index contributed by atoms with van der Waals surface area (Å²) in [5, 5.41) is 13.1. The maximum Gasteiger partial charge on any atom is 0.356 e. The van der Waals surface area contributed by atoms with Crippen molar-refractivity contribution in [1.82, 2.24) is 9.78 Å². The van der Waals surface area contributed by atoms with Gasteiger partial charge in [0.2, 0.25) is 0 Å². The van der Waals surface area contributed by atoms with Gasteiger partial charge in [-0.05, 0) is 17.7 Å². The number of rotatable bonds is 4. The maximum atomic E-state index is 11.1. The van der Waals surface area contributed by atoms with E-state index in [0.717, 1.165) is 11.1 Å². The summed E-state index contributed by atoms with van der Waals surface area (Å²) in [6, 6.07) is 5.25.